The van der Waals surface area contributed by atoms with Crippen molar-refractivity contribution in [1.29, 1.82) is 0 Å². The Labute approximate surface area is 114 Å². The molecule has 3 heteroatoms. The van der Waals surface area contributed by atoms with Crippen molar-refractivity contribution in [2.24, 2.45) is 5.73 Å². The van der Waals surface area contributed by atoms with Crippen LogP contribution in [0.3, 0.4) is 0 Å². The molecule has 0 amide bonds. The van der Waals surface area contributed by atoms with Crippen LogP contribution in [0.25, 0.3) is 11.1 Å². The van der Waals surface area contributed by atoms with Gasteiger partial charge in [0.2, 0.25) is 0 Å². The van der Waals surface area contributed by atoms with E-state index in [0.717, 1.165) is 34.6 Å². The normalized spacial score (nSPS) is 10.3. The van der Waals surface area contributed by atoms with Gasteiger partial charge in [-0.25, -0.2) is 0 Å². The van der Waals surface area contributed by atoms with E-state index in [4.69, 9.17) is 15.2 Å². The zero-order chi connectivity index (χ0) is 13.7. The van der Waals surface area contributed by atoms with E-state index < -0.39 is 0 Å². The third kappa shape index (κ3) is 2.88. The molecule has 0 aromatic heterocycles. The van der Waals surface area contributed by atoms with E-state index in [1.165, 1.54) is 0 Å². The lowest BCUT2D eigenvalue weighted by Gasteiger charge is -2.15. The monoisotopic (exact) mass is 257 g/mol. The topological polar surface area (TPSA) is 44.5 Å². The summed E-state index contributed by atoms with van der Waals surface area (Å²) in [4.78, 5) is 0. The molecule has 0 heterocycles. The van der Waals surface area contributed by atoms with E-state index in [0.29, 0.717) is 6.54 Å². The molecular weight excluding hydrogens is 238 g/mol. The van der Waals surface area contributed by atoms with Crippen LogP contribution in [-0.4, -0.2) is 20.8 Å². The molecule has 19 heavy (non-hydrogen) atoms. The minimum Gasteiger partial charge on any atom is -0.493 e. The summed E-state index contributed by atoms with van der Waals surface area (Å²) in [7, 11) is 3.30. The minimum absolute atomic E-state index is 0.581. The highest BCUT2D eigenvalue weighted by Gasteiger charge is 2.12. The van der Waals surface area contributed by atoms with Crippen molar-refractivity contribution in [3.8, 4) is 22.6 Å². The van der Waals surface area contributed by atoms with E-state index >= 15 is 0 Å². The van der Waals surface area contributed by atoms with E-state index in [1.54, 1.807) is 14.2 Å². The molecule has 0 saturated carbocycles. The molecule has 2 rings (SSSR count). The van der Waals surface area contributed by atoms with Gasteiger partial charge in [0, 0.05) is 0 Å². The zero-order valence-corrected chi connectivity index (χ0v) is 11.3. The maximum Gasteiger partial charge on any atom is 0.163 e. The molecule has 0 unspecified atom stereocenters. The molecule has 100 valence electrons. The van der Waals surface area contributed by atoms with E-state index in [1.807, 2.05) is 24.3 Å². The number of hydrogen-bond acceptors (Lipinski definition) is 3. The maximum atomic E-state index is 5.67. The van der Waals surface area contributed by atoms with Crippen LogP contribution in [0.1, 0.15) is 5.56 Å². The highest BCUT2D eigenvalue weighted by Crippen LogP contribution is 2.36. The first-order valence-electron chi connectivity index (χ1n) is 6.30. The van der Waals surface area contributed by atoms with Crippen molar-refractivity contribution in [1.82, 2.24) is 0 Å². The van der Waals surface area contributed by atoms with Crippen molar-refractivity contribution >= 4 is 0 Å². The van der Waals surface area contributed by atoms with Gasteiger partial charge in [-0.15, -0.1) is 0 Å². The third-order valence-corrected chi connectivity index (χ3v) is 3.08. The van der Waals surface area contributed by atoms with E-state index in [9.17, 15) is 0 Å². The van der Waals surface area contributed by atoms with Crippen molar-refractivity contribution < 1.29 is 9.47 Å². The van der Waals surface area contributed by atoms with Gasteiger partial charge in [-0.3, -0.25) is 0 Å². The van der Waals surface area contributed by atoms with E-state index in [2.05, 4.69) is 18.2 Å². The van der Waals surface area contributed by atoms with Crippen LogP contribution in [-0.2, 0) is 6.42 Å². The minimum atomic E-state index is 0.581. The summed E-state index contributed by atoms with van der Waals surface area (Å²) in [5.74, 6) is 1.51. The Kier molecular flexibility index (Phi) is 4.42. The van der Waals surface area contributed by atoms with Crippen molar-refractivity contribution in [2.45, 2.75) is 6.42 Å². The second-order valence-corrected chi connectivity index (χ2v) is 4.28. The van der Waals surface area contributed by atoms with Crippen LogP contribution < -0.4 is 15.2 Å². The van der Waals surface area contributed by atoms with Gasteiger partial charge < -0.3 is 15.2 Å². The average Bonchev–Trinajstić information content (AvgIpc) is 2.47. The zero-order valence-electron chi connectivity index (χ0n) is 11.3. The molecule has 2 aromatic rings. The smallest absolute Gasteiger partial charge is 0.163 e. The lowest BCUT2D eigenvalue weighted by molar-refractivity contribution is 0.352. The summed E-state index contributed by atoms with van der Waals surface area (Å²) in [6, 6.07) is 14.3. The summed E-state index contributed by atoms with van der Waals surface area (Å²) in [5, 5.41) is 0. The summed E-state index contributed by atoms with van der Waals surface area (Å²) in [5.41, 5.74) is 9.01. The van der Waals surface area contributed by atoms with Gasteiger partial charge in [0.15, 0.2) is 11.5 Å². The maximum absolute atomic E-state index is 5.67. The number of hydrogen-bond donors (Lipinski definition) is 1. The van der Waals surface area contributed by atoms with Crippen LogP contribution in [0, 0.1) is 0 Å². The van der Waals surface area contributed by atoms with Crippen LogP contribution in [0.4, 0.5) is 0 Å². The van der Waals surface area contributed by atoms with Crippen molar-refractivity contribution in [3.05, 3.63) is 48.0 Å². The summed E-state index contributed by atoms with van der Waals surface area (Å²) in [6.07, 6.45) is 0.764. The second-order valence-electron chi connectivity index (χ2n) is 4.28. The molecule has 0 aliphatic rings. The molecule has 0 bridgehead atoms. The lowest BCUT2D eigenvalue weighted by Crippen LogP contribution is -2.05. The quantitative estimate of drug-likeness (QED) is 0.895. The first kappa shape index (κ1) is 13.4. The molecule has 0 spiro atoms. The fourth-order valence-electron chi connectivity index (χ4n) is 2.18. The fourth-order valence-corrected chi connectivity index (χ4v) is 2.18. The van der Waals surface area contributed by atoms with Gasteiger partial charge >= 0.3 is 0 Å². The molecule has 0 radical (unpaired) electrons. The molecule has 0 aliphatic carbocycles. The van der Waals surface area contributed by atoms with Crippen molar-refractivity contribution in [3.63, 3.8) is 0 Å². The predicted molar refractivity (Wildman–Crippen MR) is 77.7 cm³/mol. The number of nitrogens with two attached hydrogens (primary N) is 1. The van der Waals surface area contributed by atoms with E-state index in [-0.39, 0.29) is 0 Å². The Morgan fingerprint density at radius 1 is 0.947 bits per heavy atom. The van der Waals surface area contributed by atoms with Gasteiger partial charge in [0.05, 0.1) is 14.2 Å². The molecule has 0 saturated heterocycles. The van der Waals surface area contributed by atoms with Crippen molar-refractivity contribution in [2.75, 3.05) is 20.8 Å². The number of ether oxygens (including phenoxy) is 2. The largest absolute Gasteiger partial charge is 0.493 e. The number of rotatable bonds is 5. The van der Waals surface area contributed by atoms with Gasteiger partial charge in [0.25, 0.3) is 0 Å². The Bertz CT molecular complexity index is 538. The summed E-state index contributed by atoms with van der Waals surface area (Å²) >= 11 is 0. The molecule has 0 fully saturated rings. The fraction of sp³-hybridized carbons (Fsp3) is 0.250. The predicted octanol–water partition coefficient (Wildman–Crippen LogP) is 2.87. The Balaban J connectivity index is 2.54. The van der Waals surface area contributed by atoms with Gasteiger partial charge in [0.1, 0.15) is 0 Å². The van der Waals surface area contributed by atoms with Crippen LogP contribution in [0.5, 0.6) is 11.5 Å². The molecule has 0 aliphatic heterocycles. The summed E-state index contributed by atoms with van der Waals surface area (Å²) in [6.45, 7) is 0.581. The molecule has 0 atom stereocenters. The average molecular weight is 257 g/mol. The molecule has 2 N–H and O–H groups in total. The first-order valence-corrected chi connectivity index (χ1v) is 6.30. The standard InChI is InChI=1S/C16H19NO2/c1-18-15-11-14(12-6-4-3-5-7-12)10-13(8-9-17)16(15)19-2/h3-7,10-11H,8-9,17H2,1-2H3. The summed E-state index contributed by atoms with van der Waals surface area (Å²) < 4.78 is 10.8. The van der Waals surface area contributed by atoms with Crippen LogP contribution in [0.15, 0.2) is 42.5 Å². The first-order chi connectivity index (χ1) is 9.30. The molecule has 2 aromatic carbocycles. The molecular formula is C16H19NO2. The SMILES string of the molecule is COc1cc(-c2ccccc2)cc(CCN)c1OC. The van der Waals surface area contributed by atoms with Crippen LogP contribution >= 0.6 is 0 Å². The Morgan fingerprint density at radius 2 is 1.68 bits per heavy atom. The third-order valence-electron chi connectivity index (χ3n) is 3.08. The van der Waals surface area contributed by atoms with Gasteiger partial charge in [-0.2, -0.15) is 0 Å². The number of methoxy groups -OCH3 is 2. The van der Waals surface area contributed by atoms with Gasteiger partial charge in [-0.05, 0) is 41.8 Å². The van der Waals surface area contributed by atoms with Gasteiger partial charge in [-0.1, -0.05) is 30.3 Å². The second kappa shape index (κ2) is 6.25. The Hall–Kier alpha value is -2.00. The highest BCUT2D eigenvalue weighted by atomic mass is 16.5. The number of benzene rings is 2. The molecule has 3 nitrogen and oxygen atoms in total. The lowest BCUT2D eigenvalue weighted by atomic mass is 10.00. The van der Waals surface area contributed by atoms with Crippen LogP contribution in [0.2, 0.25) is 0 Å². The Morgan fingerprint density at radius 3 is 2.26 bits per heavy atom. The highest BCUT2D eigenvalue weighted by molar-refractivity contribution is 5.69.